The first-order chi connectivity index (χ1) is 15.2. The fourth-order valence-electron chi connectivity index (χ4n) is 3.57. The van der Waals surface area contributed by atoms with Crippen LogP contribution in [0.4, 0.5) is 15.9 Å². The molecule has 0 saturated carbocycles. The van der Waals surface area contributed by atoms with Gasteiger partial charge in [0.1, 0.15) is 5.52 Å². The molecule has 0 unspecified atom stereocenters. The van der Waals surface area contributed by atoms with E-state index >= 15 is 0 Å². The van der Waals surface area contributed by atoms with E-state index in [0.717, 1.165) is 16.8 Å². The molecule has 3 heterocycles. The highest BCUT2D eigenvalue weighted by Crippen LogP contribution is 2.39. The summed E-state index contributed by atoms with van der Waals surface area (Å²) in [6, 6.07) is 4.61. The SMILES string of the molecule is CC(C)(O)CNC(=O)Nc1nc2c(s1)CN(c1nc3cc(S(C)(=O)=O)ccc3o1)C(C)(C)C2. The third-order valence-electron chi connectivity index (χ3n) is 5.32. The average Bonchev–Trinajstić information content (AvgIpc) is 3.25. The van der Waals surface area contributed by atoms with E-state index in [2.05, 4.69) is 34.4 Å². The molecule has 1 aliphatic heterocycles. The summed E-state index contributed by atoms with van der Waals surface area (Å²) in [7, 11) is -3.35. The number of aliphatic hydroxyl groups is 1. The summed E-state index contributed by atoms with van der Waals surface area (Å²) in [4.78, 5) is 24.5. The van der Waals surface area contributed by atoms with Crippen molar-refractivity contribution >= 4 is 49.5 Å². The summed E-state index contributed by atoms with van der Waals surface area (Å²) in [5.74, 6) is 0. The minimum Gasteiger partial charge on any atom is -0.423 e. The lowest BCUT2D eigenvalue weighted by Gasteiger charge is -2.40. The van der Waals surface area contributed by atoms with Crippen LogP contribution < -0.4 is 15.5 Å². The Hall–Kier alpha value is -2.70. The van der Waals surface area contributed by atoms with Crippen LogP contribution in [0.25, 0.3) is 11.1 Å². The van der Waals surface area contributed by atoms with E-state index in [4.69, 9.17) is 4.42 Å². The number of aromatic nitrogens is 2. The van der Waals surface area contributed by atoms with Crippen molar-refractivity contribution in [2.24, 2.45) is 0 Å². The number of oxazole rings is 1. The van der Waals surface area contributed by atoms with Crippen LogP contribution in [0.3, 0.4) is 0 Å². The number of carbonyl (C=O) groups is 1. The maximum atomic E-state index is 12.1. The van der Waals surface area contributed by atoms with Crippen molar-refractivity contribution < 1.29 is 22.7 Å². The molecule has 178 valence electrons. The van der Waals surface area contributed by atoms with Gasteiger partial charge in [0.2, 0.25) is 0 Å². The summed E-state index contributed by atoms with van der Waals surface area (Å²) in [6.45, 7) is 7.92. The lowest BCUT2D eigenvalue weighted by Crippen LogP contribution is -2.48. The molecule has 0 radical (unpaired) electrons. The highest BCUT2D eigenvalue weighted by atomic mass is 32.2. The molecule has 1 aromatic carbocycles. The Morgan fingerprint density at radius 1 is 1.33 bits per heavy atom. The van der Waals surface area contributed by atoms with E-state index in [1.54, 1.807) is 19.9 Å². The van der Waals surface area contributed by atoms with Gasteiger partial charge in [-0.15, -0.1) is 0 Å². The van der Waals surface area contributed by atoms with E-state index in [1.807, 2.05) is 4.90 Å². The van der Waals surface area contributed by atoms with Gasteiger partial charge in [0, 0.05) is 29.6 Å². The van der Waals surface area contributed by atoms with Crippen molar-refractivity contribution in [2.75, 3.05) is 23.0 Å². The molecule has 1 aliphatic rings. The van der Waals surface area contributed by atoms with E-state index in [9.17, 15) is 18.3 Å². The minimum absolute atomic E-state index is 0.115. The van der Waals surface area contributed by atoms with Crippen LogP contribution >= 0.6 is 11.3 Å². The third-order valence-corrected chi connectivity index (χ3v) is 7.43. The maximum Gasteiger partial charge on any atom is 0.321 e. The predicted molar refractivity (Wildman–Crippen MR) is 127 cm³/mol. The number of anilines is 2. The van der Waals surface area contributed by atoms with Crippen LogP contribution in [0.2, 0.25) is 0 Å². The van der Waals surface area contributed by atoms with Gasteiger partial charge in [-0.2, -0.15) is 4.98 Å². The Balaban J connectivity index is 1.56. The molecule has 12 heteroatoms. The first-order valence-electron chi connectivity index (χ1n) is 10.4. The molecule has 3 N–H and O–H groups in total. The number of urea groups is 1. The maximum absolute atomic E-state index is 12.1. The second-order valence-corrected chi connectivity index (χ2v) is 12.6. The standard InChI is InChI=1S/C21H27N5O5S2/c1-20(2)9-14-16(32-18(23-14)25-17(27)22-11-21(3,4)28)10-26(20)19-24-13-8-12(33(5,29)30)6-7-15(13)31-19/h6-8,28H,9-11H2,1-5H3,(H2,22,23,25,27). The molecule has 33 heavy (non-hydrogen) atoms. The van der Waals surface area contributed by atoms with Crippen molar-refractivity contribution in [1.29, 1.82) is 0 Å². The van der Waals surface area contributed by atoms with Crippen LogP contribution in [0, 0.1) is 0 Å². The fourth-order valence-corrected chi connectivity index (χ4v) is 5.17. The van der Waals surface area contributed by atoms with Crippen LogP contribution in [0.15, 0.2) is 27.5 Å². The number of amides is 2. The zero-order valence-electron chi connectivity index (χ0n) is 19.1. The summed E-state index contributed by atoms with van der Waals surface area (Å²) >= 11 is 1.37. The van der Waals surface area contributed by atoms with E-state index in [0.29, 0.717) is 35.2 Å². The van der Waals surface area contributed by atoms with E-state index in [1.165, 1.54) is 23.5 Å². The number of thiazole rings is 1. The lowest BCUT2D eigenvalue weighted by atomic mass is 9.92. The molecule has 0 aliphatic carbocycles. The summed E-state index contributed by atoms with van der Waals surface area (Å²) in [5, 5.41) is 15.6. The zero-order valence-corrected chi connectivity index (χ0v) is 20.7. The molecule has 4 rings (SSSR count). The van der Waals surface area contributed by atoms with Crippen LogP contribution in [-0.2, 0) is 22.8 Å². The lowest BCUT2D eigenvalue weighted by molar-refractivity contribution is 0.0826. The van der Waals surface area contributed by atoms with Gasteiger partial charge in [-0.3, -0.25) is 5.32 Å². The Kier molecular flexibility index (Phi) is 5.66. The molecule has 0 atom stereocenters. The van der Waals surface area contributed by atoms with Gasteiger partial charge in [0.05, 0.1) is 22.7 Å². The molecule has 10 nitrogen and oxygen atoms in total. The van der Waals surface area contributed by atoms with Gasteiger partial charge in [-0.05, 0) is 45.9 Å². The number of fused-ring (bicyclic) bond motifs is 2. The van der Waals surface area contributed by atoms with Gasteiger partial charge in [0.25, 0.3) is 6.01 Å². The minimum atomic E-state index is -3.35. The van der Waals surface area contributed by atoms with Gasteiger partial charge < -0.3 is 19.7 Å². The summed E-state index contributed by atoms with van der Waals surface area (Å²) < 4.78 is 29.7. The van der Waals surface area contributed by atoms with Gasteiger partial charge >= 0.3 is 6.03 Å². The summed E-state index contributed by atoms with van der Waals surface area (Å²) in [6.07, 6.45) is 1.77. The second-order valence-electron chi connectivity index (χ2n) is 9.48. The topological polar surface area (TPSA) is 138 Å². The number of hydrogen-bond acceptors (Lipinski definition) is 9. The molecule has 0 spiro atoms. The second kappa shape index (κ2) is 7.96. The normalized spacial score (nSPS) is 16.0. The largest absolute Gasteiger partial charge is 0.423 e. The number of rotatable bonds is 5. The monoisotopic (exact) mass is 493 g/mol. The highest BCUT2D eigenvalue weighted by Gasteiger charge is 2.38. The highest BCUT2D eigenvalue weighted by molar-refractivity contribution is 7.90. The van der Waals surface area contributed by atoms with Crippen LogP contribution in [0.5, 0.6) is 0 Å². The molecule has 0 bridgehead atoms. The molecule has 3 aromatic rings. The Morgan fingerprint density at radius 2 is 2.06 bits per heavy atom. The Labute approximate surface area is 195 Å². The Morgan fingerprint density at radius 3 is 2.73 bits per heavy atom. The number of nitrogens with one attached hydrogen (secondary N) is 2. The quantitative estimate of drug-likeness (QED) is 0.493. The molecular weight excluding hydrogens is 466 g/mol. The van der Waals surface area contributed by atoms with Crippen molar-refractivity contribution in [2.45, 2.75) is 56.7 Å². The number of carbonyl (C=O) groups excluding carboxylic acids is 1. The molecular formula is C21H27N5O5S2. The molecule has 0 saturated heterocycles. The number of hydrogen-bond donors (Lipinski definition) is 3. The molecule has 2 aromatic heterocycles. The third kappa shape index (κ3) is 5.12. The Bertz CT molecular complexity index is 1320. The van der Waals surface area contributed by atoms with Crippen LogP contribution in [-0.4, -0.2) is 53.5 Å². The van der Waals surface area contributed by atoms with Crippen LogP contribution in [0.1, 0.15) is 38.3 Å². The number of sulfone groups is 1. The van der Waals surface area contributed by atoms with Gasteiger partial charge in [-0.25, -0.2) is 18.2 Å². The van der Waals surface area contributed by atoms with Gasteiger partial charge in [-0.1, -0.05) is 11.3 Å². The van der Waals surface area contributed by atoms with Crippen molar-refractivity contribution in [1.82, 2.24) is 15.3 Å². The van der Waals surface area contributed by atoms with Gasteiger partial charge in [0.15, 0.2) is 20.6 Å². The number of nitrogens with zero attached hydrogens (tertiary/aromatic N) is 3. The van der Waals surface area contributed by atoms with Crippen molar-refractivity contribution in [3.05, 3.63) is 28.8 Å². The average molecular weight is 494 g/mol. The smallest absolute Gasteiger partial charge is 0.321 e. The fraction of sp³-hybridized carbons (Fsp3) is 0.476. The molecule has 0 fully saturated rings. The first-order valence-corrected chi connectivity index (χ1v) is 13.1. The van der Waals surface area contributed by atoms with E-state index in [-0.39, 0.29) is 17.0 Å². The summed E-state index contributed by atoms with van der Waals surface area (Å²) in [5.41, 5.74) is 0.501. The predicted octanol–water partition coefficient (Wildman–Crippen LogP) is 2.92. The number of benzene rings is 1. The van der Waals surface area contributed by atoms with Crippen molar-refractivity contribution in [3.63, 3.8) is 0 Å². The molecule has 2 amide bonds. The van der Waals surface area contributed by atoms with Crippen molar-refractivity contribution in [3.8, 4) is 0 Å². The zero-order chi connectivity index (χ0) is 24.2. The first kappa shape index (κ1) is 23.5. The van der Waals surface area contributed by atoms with E-state index < -0.39 is 21.5 Å².